The molecule has 1 rings (SSSR count). The zero-order valence-corrected chi connectivity index (χ0v) is 18.2. The Balaban J connectivity index is 3.67. The van der Waals surface area contributed by atoms with Crippen LogP contribution in [-0.4, -0.2) is 32.8 Å². The van der Waals surface area contributed by atoms with E-state index >= 15 is 0 Å². The van der Waals surface area contributed by atoms with Gasteiger partial charge in [-0.25, -0.2) is 21.7 Å². The van der Waals surface area contributed by atoms with Gasteiger partial charge in [-0.2, -0.15) is 5.26 Å². The molecule has 1 unspecified atom stereocenters. The van der Waals surface area contributed by atoms with Gasteiger partial charge in [-0.3, -0.25) is 10.1 Å². The second kappa shape index (κ2) is 7.85. The van der Waals surface area contributed by atoms with Crippen LogP contribution in [-0.2, 0) is 26.4 Å². The summed E-state index contributed by atoms with van der Waals surface area (Å²) < 4.78 is 52.9. The van der Waals surface area contributed by atoms with Gasteiger partial charge in [0.15, 0.2) is 14.6 Å². The molecule has 1 aromatic rings. The van der Waals surface area contributed by atoms with Crippen LogP contribution in [0.25, 0.3) is 0 Å². The SMILES string of the molecule is CC(CS(=O)(=O)C(C)(C)C#N)(N[S@@](=O)C(C)(C)C)c1cc([N+](=O)[O-])ccc1F. The third kappa shape index (κ3) is 5.12. The number of non-ortho nitro benzene ring substituents is 1. The summed E-state index contributed by atoms with van der Waals surface area (Å²) in [7, 11) is -5.98. The van der Waals surface area contributed by atoms with Gasteiger partial charge in [0.25, 0.3) is 5.69 Å². The van der Waals surface area contributed by atoms with Crippen LogP contribution < -0.4 is 4.72 Å². The van der Waals surface area contributed by atoms with Crippen LogP contribution in [0.4, 0.5) is 10.1 Å². The molecule has 0 bridgehead atoms. The highest BCUT2D eigenvalue weighted by Crippen LogP contribution is 2.33. The number of benzene rings is 1. The largest absolute Gasteiger partial charge is 0.269 e. The number of nitriles is 1. The molecular formula is C17H24FN3O5S2. The molecule has 0 aromatic heterocycles. The van der Waals surface area contributed by atoms with Crippen molar-refractivity contribution in [3.8, 4) is 6.07 Å². The minimum absolute atomic E-state index is 0.323. The topological polar surface area (TPSA) is 130 Å². The lowest BCUT2D eigenvalue weighted by Crippen LogP contribution is -2.52. The monoisotopic (exact) mass is 433 g/mol. The maximum atomic E-state index is 14.6. The van der Waals surface area contributed by atoms with Crippen molar-refractivity contribution in [3.63, 3.8) is 0 Å². The van der Waals surface area contributed by atoms with E-state index in [0.29, 0.717) is 0 Å². The minimum Gasteiger partial charge on any atom is -0.258 e. The van der Waals surface area contributed by atoms with E-state index in [2.05, 4.69) is 4.72 Å². The highest BCUT2D eigenvalue weighted by Gasteiger charge is 2.44. The van der Waals surface area contributed by atoms with Gasteiger partial charge in [0.05, 0.1) is 38.0 Å². The molecule has 11 heteroatoms. The number of rotatable bonds is 7. The molecule has 0 amide bonds. The van der Waals surface area contributed by atoms with E-state index < -0.39 is 58.0 Å². The summed E-state index contributed by atoms with van der Waals surface area (Å²) in [6, 6.07) is 4.41. The summed E-state index contributed by atoms with van der Waals surface area (Å²) >= 11 is 0. The zero-order chi connectivity index (χ0) is 22.1. The predicted molar refractivity (Wildman–Crippen MR) is 105 cm³/mol. The van der Waals surface area contributed by atoms with Crippen LogP contribution in [0.3, 0.4) is 0 Å². The van der Waals surface area contributed by atoms with E-state index in [1.807, 2.05) is 0 Å². The van der Waals surface area contributed by atoms with Crippen LogP contribution in [0.5, 0.6) is 0 Å². The first-order valence-electron chi connectivity index (χ1n) is 8.24. The van der Waals surface area contributed by atoms with Gasteiger partial charge in [0.1, 0.15) is 5.82 Å². The van der Waals surface area contributed by atoms with Crippen molar-refractivity contribution >= 4 is 26.5 Å². The van der Waals surface area contributed by atoms with E-state index in [1.165, 1.54) is 20.8 Å². The van der Waals surface area contributed by atoms with Crippen LogP contribution in [0.2, 0.25) is 0 Å². The van der Waals surface area contributed by atoms with Crippen LogP contribution in [0, 0.1) is 27.3 Å². The summed E-state index contributed by atoms with van der Waals surface area (Å²) in [6.45, 7) is 8.60. The summed E-state index contributed by atoms with van der Waals surface area (Å²) in [4.78, 5) is 10.4. The molecule has 0 radical (unpaired) electrons. The van der Waals surface area contributed by atoms with Crippen molar-refractivity contribution in [1.82, 2.24) is 4.72 Å². The van der Waals surface area contributed by atoms with Crippen molar-refractivity contribution in [1.29, 1.82) is 5.26 Å². The standard InChI is InChI=1S/C17H24FN3O5S2/c1-15(2,3)27(24)20-17(6,11-28(25,26)16(4,5)10-19)13-9-12(21(22)23)7-8-14(13)18/h7-9,20H,11H2,1-6H3/t17?,27-/m0/s1. The first-order chi connectivity index (χ1) is 12.5. The van der Waals surface area contributed by atoms with Crippen molar-refractivity contribution < 1.29 is 21.9 Å². The summed E-state index contributed by atoms with van der Waals surface area (Å²) in [5.41, 5.74) is -2.55. The Kier molecular flexibility index (Phi) is 6.77. The van der Waals surface area contributed by atoms with E-state index in [-0.39, 0.29) is 5.56 Å². The average molecular weight is 434 g/mol. The molecule has 0 saturated heterocycles. The second-order valence-electron chi connectivity index (χ2n) is 8.12. The molecular weight excluding hydrogens is 409 g/mol. The number of hydrogen-bond acceptors (Lipinski definition) is 6. The molecule has 1 N–H and O–H groups in total. The summed E-state index contributed by atoms with van der Waals surface area (Å²) in [5, 5.41) is 20.3. The lowest BCUT2D eigenvalue weighted by atomic mass is 9.94. The van der Waals surface area contributed by atoms with Crippen molar-refractivity contribution in [2.24, 2.45) is 0 Å². The Morgan fingerprint density at radius 2 is 1.79 bits per heavy atom. The van der Waals surface area contributed by atoms with Gasteiger partial charge < -0.3 is 0 Å². The lowest BCUT2D eigenvalue weighted by molar-refractivity contribution is -0.385. The van der Waals surface area contributed by atoms with E-state index in [0.717, 1.165) is 18.2 Å². The Hall–Kier alpha value is -1.90. The van der Waals surface area contributed by atoms with Gasteiger partial charge in [-0.1, -0.05) is 0 Å². The molecule has 28 heavy (non-hydrogen) atoms. The third-order valence-corrected chi connectivity index (χ3v) is 8.51. The van der Waals surface area contributed by atoms with Crippen molar-refractivity contribution in [2.75, 3.05) is 5.75 Å². The fraction of sp³-hybridized carbons (Fsp3) is 0.588. The highest BCUT2D eigenvalue weighted by molar-refractivity contribution is 7.93. The number of nitro groups is 1. The van der Waals surface area contributed by atoms with E-state index in [4.69, 9.17) is 0 Å². The van der Waals surface area contributed by atoms with E-state index in [9.17, 15) is 32.4 Å². The Morgan fingerprint density at radius 1 is 1.25 bits per heavy atom. The van der Waals surface area contributed by atoms with Crippen molar-refractivity contribution in [2.45, 2.75) is 56.6 Å². The fourth-order valence-corrected chi connectivity index (χ4v) is 4.68. The van der Waals surface area contributed by atoms with Gasteiger partial charge in [-0.15, -0.1) is 0 Å². The molecule has 0 aliphatic carbocycles. The fourth-order valence-electron chi connectivity index (χ4n) is 2.20. The zero-order valence-electron chi connectivity index (χ0n) is 16.6. The molecule has 0 spiro atoms. The Labute approximate surface area is 166 Å². The summed E-state index contributed by atoms with van der Waals surface area (Å²) in [6.07, 6.45) is 0. The lowest BCUT2D eigenvalue weighted by Gasteiger charge is -2.35. The van der Waals surface area contributed by atoms with E-state index in [1.54, 1.807) is 26.8 Å². The molecule has 2 atom stereocenters. The van der Waals surface area contributed by atoms with Crippen LogP contribution in [0.15, 0.2) is 18.2 Å². The maximum absolute atomic E-state index is 14.6. The van der Waals surface area contributed by atoms with Gasteiger partial charge in [0.2, 0.25) is 0 Å². The first-order valence-corrected chi connectivity index (χ1v) is 11.0. The average Bonchev–Trinajstić information content (AvgIpc) is 2.53. The molecule has 0 saturated carbocycles. The molecule has 0 heterocycles. The first kappa shape index (κ1) is 24.1. The number of hydrogen-bond donors (Lipinski definition) is 1. The number of sulfone groups is 1. The minimum atomic E-state index is -4.15. The molecule has 0 aliphatic rings. The van der Waals surface area contributed by atoms with Gasteiger partial charge >= 0.3 is 0 Å². The number of halogens is 1. The number of nitro benzene ring substituents is 1. The quantitative estimate of drug-likeness (QED) is 0.520. The third-order valence-electron chi connectivity index (χ3n) is 4.15. The van der Waals surface area contributed by atoms with Crippen LogP contribution >= 0.6 is 0 Å². The molecule has 8 nitrogen and oxygen atoms in total. The normalized spacial score (nSPS) is 16.1. The molecule has 156 valence electrons. The maximum Gasteiger partial charge on any atom is 0.269 e. The Morgan fingerprint density at radius 3 is 2.21 bits per heavy atom. The van der Waals surface area contributed by atoms with Gasteiger partial charge in [0, 0.05) is 17.7 Å². The second-order valence-corrected chi connectivity index (χ2v) is 12.6. The molecule has 0 aliphatic heterocycles. The van der Waals surface area contributed by atoms with Crippen molar-refractivity contribution in [3.05, 3.63) is 39.7 Å². The predicted octanol–water partition coefficient (Wildman–Crippen LogP) is 2.72. The van der Waals surface area contributed by atoms with Gasteiger partial charge in [-0.05, 0) is 47.6 Å². The molecule has 0 fully saturated rings. The number of nitrogens with one attached hydrogen (secondary N) is 1. The highest BCUT2D eigenvalue weighted by atomic mass is 32.2. The summed E-state index contributed by atoms with van der Waals surface area (Å²) in [5.74, 6) is -1.68. The Bertz CT molecular complexity index is 949. The molecule has 1 aromatic carbocycles. The smallest absolute Gasteiger partial charge is 0.258 e. The number of nitrogens with zero attached hydrogens (tertiary/aromatic N) is 2. The van der Waals surface area contributed by atoms with Crippen LogP contribution in [0.1, 0.15) is 47.1 Å².